The molecule has 7 heteroatoms. The van der Waals surface area contributed by atoms with Crippen molar-refractivity contribution in [2.75, 3.05) is 26.7 Å². The molecule has 0 aliphatic heterocycles. The number of guanidine groups is 1. The van der Waals surface area contributed by atoms with Crippen LogP contribution in [0.2, 0.25) is 0 Å². The molecule has 29 heavy (non-hydrogen) atoms. The Balaban J connectivity index is 1.40. The number of benzene rings is 1. The Morgan fingerprint density at radius 1 is 1.03 bits per heavy atom. The molecule has 2 heterocycles. The molecular formula is C22H30N6O. The van der Waals surface area contributed by atoms with Crippen molar-refractivity contribution < 1.29 is 4.74 Å². The smallest absolute Gasteiger partial charge is 0.191 e. The van der Waals surface area contributed by atoms with Crippen LogP contribution in [0.3, 0.4) is 0 Å². The van der Waals surface area contributed by atoms with E-state index in [-0.39, 0.29) is 0 Å². The van der Waals surface area contributed by atoms with Gasteiger partial charge in [-0.25, -0.2) is 0 Å². The summed E-state index contributed by atoms with van der Waals surface area (Å²) in [6, 6.07) is 14.2. The van der Waals surface area contributed by atoms with Gasteiger partial charge in [-0.05, 0) is 56.0 Å². The van der Waals surface area contributed by atoms with E-state index >= 15 is 0 Å². The zero-order chi connectivity index (χ0) is 20.3. The van der Waals surface area contributed by atoms with Gasteiger partial charge in [-0.3, -0.25) is 9.39 Å². The molecule has 7 nitrogen and oxygen atoms in total. The first-order chi connectivity index (χ1) is 14.3. The number of aliphatic imine (C=N–C) groups is 1. The standard InChI is InChI=1S/C22H30N6O/c1-3-23-22(24-15-6-4-8-18-10-12-19(29-2)13-11-18)25-16-14-21-27-26-20-9-5-7-17-28(20)21/h5,7,9-13,17H,3-4,6,8,14-16H2,1-2H3,(H2,23,24,25). The van der Waals surface area contributed by atoms with Gasteiger partial charge in [0.2, 0.25) is 0 Å². The molecule has 154 valence electrons. The van der Waals surface area contributed by atoms with Crippen molar-refractivity contribution in [3.05, 3.63) is 60.0 Å². The van der Waals surface area contributed by atoms with Crippen LogP contribution in [-0.2, 0) is 12.8 Å². The molecule has 0 aliphatic carbocycles. The summed E-state index contributed by atoms with van der Waals surface area (Å²) in [6.07, 6.45) is 6.00. The van der Waals surface area contributed by atoms with Crippen LogP contribution in [0.15, 0.2) is 53.7 Å². The lowest BCUT2D eigenvalue weighted by molar-refractivity contribution is 0.414. The van der Waals surface area contributed by atoms with E-state index in [0.717, 1.165) is 68.5 Å². The van der Waals surface area contributed by atoms with Crippen LogP contribution in [0.4, 0.5) is 0 Å². The summed E-state index contributed by atoms with van der Waals surface area (Å²) in [5, 5.41) is 15.2. The Hall–Kier alpha value is -3.09. The molecule has 0 bridgehead atoms. The second kappa shape index (κ2) is 11.0. The van der Waals surface area contributed by atoms with E-state index in [1.54, 1.807) is 7.11 Å². The maximum atomic E-state index is 5.20. The molecule has 0 fully saturated rings. The van der Waals surface area contributed by atoms with Crippen molar-refractivity contribution in [1.29, 1.82) is 0 Å². The van der Waals surface area contributed by atoms with E-state index in [4.69, 9.17) is 4.74 Å². The third kappa shape index (κ3) is 6.20. The number of methoxy groups -OCH3 is 1. The van der Waals surface area contributed by atoms with Gasteiger partial charge >= 0.3 is 0 Å². The predicted octanol–water partition coefficient (Wildman–Crippen LogP) is 2.86. The average molecular weight is 395 g/mol. The minimum atomic E-state index is 0.757. The Morgan fingerprint density at radius 3 is 2.69 bits per heavy atom. The predicted molar refractivity (Wildman–Crippen MR) is 117 cm³/mol. The topological polar surface area (TPSA) is 75.8 Å². The van der Waals surface area contributed by atoms with Gasteiger partial charge in [0.1, 0.15) is 11.6 Å². The lowest BCUT2D eigenvalue weighted by Gasteiger charge is -2.11. The number of aryl methyl sites for hydroxylation is 1. The van der Waals surface area contributed by atoms with Gasteiger partial charge in [0.15, 0.2) is 11.6 Å². The van der Waals surface area contributed by atoms with E-state index in [1.165, 1.54) is 5.56 Å². The summed E-state index contributed by atoms with van der Waals surface area (Å²) in [7, 11) is 1.69. The zero-order valence-corrected chi connectivity index (χ0v) is 17.3. The third-order valence-corrected chi connectivity index (χ3v) is 4.67. The molecule has 3 rings (SSSR count). The molecule has 0 spiro atoms. The highest BCUT2D eigenvalue weighted by atomic mass is 16.5. The minimum Gasteiger partial charge on any atom is -0.497 e. The fraction of sp³-hybridized carbons (Fsp3) is 0.409. The van der Waals surface area contributed by atoms with E-state index < -0.39 is 0 Å². The quantitative estimate of drug-likeness (QED) is 0.314. The molecule has 0 unspecified atom stereocenters. The fourth-order valence-corrected chi connectivity index (χ4v) is 3.12. The van der Waals surface area contributed by atoms with Crippen molar-refractivity contribution in [1.82, 2.24) is 25.2 Å². The number of hydrogen-bond acceptors (Lipinski definition) is 4. The molecule has 1 aromatic carbocycles. The average Bonchev–Trinajstić information content (AvgIpc) is 3.17. The number of rotatable bonds is 10. The van der Waals surface area contributed by atoms with Crippen molar-refractivity contribution in [3.8, 4) is 5.75 Å². The van der Waals surface area contributed by atoms with Gasteiger partial charge in [0.05, 0.1) is 7.11 Å². The van der Waals surface area contributed by atoms with E-state index in [2.05, 4.69) is 44.9 Å². The van der Waals surface area contributed by atoms with Gasteiger partial charge in [-0.2, -0.15) is 0 Å². The lowest BCUT2D eigenvalue weighted by atomic mass is 10.1. The number of unbranched alkanes of at least 4 members (excludes halogenated alkanes) is 1. The zero-order valence-electron chi connectivity index (χ0n) is 17.3. The monoisotopic (exact) mass is 394 g/mol. The molecule has 0 atom stereocenters. The number of nitrogens with one attached hydrogen (secondary N) is 2. The van der Waals surface area contributed by atoms with E-state index in [1.807, 2.05) is 40.9 Å². The first-order valence-corrected chi connectivity index (χ1v) is 10.2. The second-order valence-electron chi connectivity index (χ2n) is 6.79. The van der Waals surface area contributed by atoms with Crippen molar-refractivity contribution in [3.63, 3.8) is 0 Å². The molecular weight excluding hydrogens is 364 g/mol. The van der Waals surface area contributed by atoms with Gasteiger partial charge in [-0.15, -0.1) is 10.2 Å². The van der Waals surface area contributed by atoms with Crippen LogP contribution in [0.25, 0.3) is 5.65 Å². The molecule has 0 saturated carbocycles. The van der Waals surface area contributed by atoms with Crippen LogP contribution in [-0.4, -0.2) is 47.3 Å². The largest absolute Gasteiger partial charge is 0.497 e. The first kappa shape index (κ1) is 20.6. The molecule has 0 radical (unpaired) electrons. The fourth-order valence-electron chi connectivity index (χ4n) is 3.12. The van der Waals surface area contributed by atoms with E-state index in [0.29, 0.717) is 0 Å². The van der Waals surface area contributed by atoms with Crippen molar-refractivity contribution in [2.45, 2.75) is 32.6 Å². The Bertz CT molecular complexity index is 903. The number of nitrogens with zero attached hydrogens (tertiary/aromatic N) is 4. The third-order valence-electron chi connectivity index (χ3n) is 4.67. The Labute approximate surface area is 172 Å². The normalized spacial score (nSPS) is 11.6. The summed E-state index contributed by atoms with van der Waals surface area (Å²) in [6.45, 7) is 4.48. The summed E-state index contributed by atoms with van der Waals surface area (Å²) >= 11 is 0. The Kier molecular flexibility index (Phi) is 7.86. The van der Waals surface area contributed by atoms with E-state index in [9.17, 15) is 0 Å². The number of ether oxygens (including phenoxy) is 1. The summed E-state index contributed by atoms with van der Waals surface area (Å²) < 4.78 is 7.22. The van der Waals surface area contributed by atoms with Crippen LogP contribution in [0.1, 0.15) is 31.2 Å². The minimum absolute atomic E-state index is 0.757. The van der Waals surface area contributed by atoms with Crippen molar-refractivity contribution >= 4 is 11.6 Å². The van der Waals surface area contributed by atoms with Crippen LogP contribution < -0.4 is 15.4 Å². The highest BCUT2D eigenvalue weighted by Gasteiger charge is 2.05. The van der Waals surface area contributed by atoms with Crippen LogP contribution >= 0.6 is 0 Å². The van der Waals surface area contributed by atoms with Crippen LogP contribution in [0.5, 0.6) is 5.75 Å². The lowest BCUT2D eigenvalue weighted by Crippen LogP contribution is -2.38. The van der Waals surface area contributed by atoms with Crippen LogP contribution in [0, 0.1) is 0 Å². The maximum absolute atomic E-state index is 5.20. The summed E-state index contributed by atoms with van der Waals surface area (Å²) in [5.41, 5.74) is 2.21. The SMILES string of the molecule is CCNC(=NCCCCc1ccc(OC)cc1)NCCc1nnc2ccccn12. The number of pyridine rings is 1. The van der Waals surface area contributed by atoms with Gasteiger partial charge in [0, 0.05) is 32.3 Å². The summed E-state index contributed by atoms with van der Waals surface area (Å²) in [5.74, 6) is 2.70. The highest BCUT2D eigenvalue weighted by Crippen LogP contribution is 2.13. The maximum Gasteiger partial charge on any atom is 0.191 e. The molecule has 2 aromatic heterocycles. The van der Waals surface area contributed by atoms with Gasteiger partial charge < -0.3 is 15.4 Å². The van der Waals surface area contributed by atoms with Crippen molar-refractivity contribution in [2.24, 2.45) is 4.99 Å². The first-order valence-electron chi connectivity index (χ1n) is 10.2. The number of hydrogen-bond donors (Lipinski definition) is 2. The molecule has 2 N–H and O–H groups in total. The van der Waals surface area contributed by atoms with Gasteiger partial charge in [0.25, 0.3) is 0 Å². The molecule has 0 amide bonds. The molecule has 0 saturated heterocycles. The summed E-state index contributed by atoms with van der Waals surface area (Å²) in [4.78, 5) is 4.68. The number of fused-ring (bicyclic) bond motifs is 1. The number of aromatic nitrogens is 3. The highest BCUT2D eigenvalue weighted by molar-refractivity contribution is 5.79. The Morgan fingerprint density at radius 2 is 1.90 bits per heavy atom. The molecule has 3 aromatic rings. The molecule has 0 aliphatic rings. The second-order valence-corrected chi connectivity index (χ2v) is 6.79. The van der Waals surface area contributed by atoms with Gasteiger partial charge in [-0.1, -0.05) is 18.2 Å².